The van der Waals surface area contributed by atoms with Crippen LogP contribution in [0, 0.1) is 35.5 Å². The van der Waals surface area contributed by atoms with Gasteiger partial charge < -0.3 is 33.5 Å². The van der Waals surface area contributed by atoms with E-state index >= 15 is 0 Å². The number of ketones is 2. The maximum absolute atomic E-state index is 13.7. The monoisotopic (exact) mass is 634 g/mol. The van der Waals surface area contributed by atoms with Crippen molar-refractivity contribution in [1.82, 2.24) is 0 Å². The average molecular weight is 635 g/mol. The van der Waals surface area contributed by atoms with Crippen LogP contribution in [0.5, 0.6) is 0 Å². The predicted octanol–water partition coefficient (Wildman–Crippen LogP) is 1.60. The number of hydrogen-bond acceptors (Lipinski definition) is 13. The summed E-state index contributed by atoms with van der Waals surface area (Å²) in [5.41, 5.74) is 1.16. The van der Waals surface area contributed by atoms with Crippen LogP contribution in [0.3, 0.4) is 0 Å². The topological polar surface area (TPSA) is 178 Å². The Bertz CT molecular complexity index is 1240. The predicted molar refractivity (Wildman–Crippen MR) is 151 cm³/mol. The van der Waals surface area contributed by atoms with E-state index in [1.54, 1.807) is 6.08 Å². The van der Waals surface area contributed by atoms with Gasteiger partial charge in [0.1, 0.15) is 6.61 Å². The largest absolute Gasteiger partial charge is 0.467 e. The van der Waals surface area contributed by atoms with Crippen LogP contribution in [-0.2, 0) is 57.2 Å². The van der Waals surface area contributed by atoms with E-state index in [0.29, 0.717) is 19.3 Å². The van der Waals surface area contributed by atoms with Gasteiger partial charge in [-0.1, -0.05) is 5.57 Å². The Balaban J connectivity index is 1.31. The van der Waals surface area contributed by atoms with E-state index in [2.05, 4.69) is 0 Å². The van der Waals surface area contributed by atoms with E-state index < -0.39 is 67.3 Å². The second-order valence-corrected chi connectivity index (χ2v) is 12.9. The molecule has 1 heterocycles. The minimum atomic E-state index is -1.61. The Morgan fingerprint density at radius 3 is 2.18 bits per heavy atom. The van der Waals surface area contributed by atoms with Crippen molar-refractivity contribution >= 4 is 35.4 Å². The minimum absolute atomic E-state index is 0.0328. The summed E-state index contributed by atoms with van der Waals surface area (Å²) in [5, 5.41) is 11.4. The fraction of sp³-hybridized carbons (Fsp3) is 0.750. The number of Topliss-reactive ketones (excluding diaryl/α,β-unsaturated/α-hetero) is 1. The van der Waals surface area contributed by atoms with E-state index in [1.807, 2.05) is 0 Å². The second kappa shape index (κ2) is 13.7. The zero-order valence-electron chi connectivity index (χ0n) is 26.0. The van der Waals surface area contributed by atoms with Gasteiger partial charge in [-0.3, -0.25) is 24.0 Å². The SMILES string of the molecule is COC(=O)[C@@H]1O[C@H](OCC(=O)[C@@H]2CC[C@@H]3[C@@H]4CCC5=CC(=O)CC[C@H]5[C@H]4[C@@H](O)C[C@@H]32)[C@@H](OC(C)=O)[C@H](OC(C)=O)[C@H]1OC(C)=O. The standard InChI is InChI=1S/C32H42O13/c1-14(33)42-27-28(43-15(2)34)30(44-16(3)35)32(45-29(27)31(39)40-4)41-13-25(38)21-10-9-20-22-7-5-17-11-18(36)6-8-19(17)26(22)24(37)12-23(20)21/h11,19-24,26-30,32,37H,5-10,12-13H2,1-4H3/t19-,20-,21-,22+,23+,24+,26-,27-,28-,29-,30+,32+/m1/s1. The van der Waals surface area contributed by atoms with E-state index in [-0.39, 0.29) is 47.1 Å². The van der Waals surface area contributed by atoms with Crippen molar-refractivity contribution < 1.29 is 62.3 Å². The highest BCUT2D eigenvalue weighted by atomic mass is 16.7. The number of aliphatic hydroxyl groups is 1. The molecule has 13 nitrogen and oxygen atoms in total. The van der Waals surface area contributed by atoms with Crippen molar-refractivity contribution in [2.24, 2.45) is 35.5 Å². The van der Waals surface area contributed by atoms with E-state index in [0.717, 1.165) is 59.1 Å². The van der Waals surface area contributed by atoms with Crippen LogP contribution in [-0.4, -0.2) is 91.1 Å². The van der Waals surface area contributed by atoms with Crippen molar-refractivity contribution in [3.05, 3.63) is 11.6 Å². The molecule has 4 fully saturated rings. The van der Waals surface area contributed by atoms with Crippen molar-refractivity contribution in [3.8, 4) is 0 Å². The zero-order chi connectivity index (χ0) is 32.6. The van der Waals surface area contributed by atoms with Crippen LogP contribution in [0.25, 0.3) is 0 Å². The van der Waals surface area contributed by atoms with Crippen LogP contribution in [0.4, 0.5) is 0 Å². The third-order valence-electron chi connectivity index (χ3n) is 10.3. The second-order valence-electron chi connectivity index (χ2n) is 12.9. The van der Waals surface area contributed by atoms with Crippen molar-refractivity contribution in [2.75, 3.05) is 13.7 Å². The fourth-order valence-corrected chi connectivity index (χ4v) is 8.73. The first-order chi connectivity index (χ1) is 21.4. The lowest BCUT2D eigenvalue weighted by Gasteiger charge is -2.51. The summed E-state index contributed by atoms with van der Waals surface area (Å²) in [4.78, 5) is 74.3. The smallest absolute Gasteiger partial charge is 0.339 e. The normalized spacial score (nSPS) is 38.9. The molecule has 5 aliphatic rings. The van der Waals surface area contributed by atoms with Gasteiger partial charge in [0.25, 0.3) is 0 Å². The van der Waals surface area contributed by atoms with Crippen LogP contribution < -0.4 is 0 Å². The number of methoxy groups -OCH3 is 1. The van der Waals surface area contributed by atoms with Gasteiger partial charge in [0.2, 0.25) is 0 Å². The third kappa shape index (κ3) is 6.85. The summed E-state index contributed by atoms with van der Waals surface area (Å²) < 4.78 is 32.4. The summed E-state index contributed by atoms with van der Waals surface area (Å²) in [5.74, 6) is -3.03. The molecule has 0 spiro atoms. The van der Waals surface area contributed by atoms with Gasteiger partial charge in [0.05, 0.1) is 13.2 Å². The molecule has 0 bridgehead atoms. The Morgan fingerprint density at radius 2 is 1.51 bits per heavy atom. The molecule has 1 N–H and O–H groups in total. The number of hydrogen-bond donors (Lipinski definition) is 1. The van der Waals surface area contributed by atoms with Crippen LogP contribution in [0.15, 0.2) is 11.6 Å². The number of allylic oxidation sites excluding steroid dienone is 1. The average Bonchev–Trinajstić information content (AvgIpc) is 3.40. The van der Waals surface area contributed by atoms with Gasteiger partial charge >= 0.3 is 23.9 Å². The molecule has 12 atom stereocenters. The first-order valence-electron chi connectivity index (χ1n) is 15.7. The van der Waals surface area contributed by atoms with E-state index in [1.165, 1.54) is 0 Å². The van der Waals surface area contributed by atoms with Gasteiger partial charge in [0.15, 0.2) is 42.3 Å². The Labute approximate surface area is 261 Å². The molecule has 248 valence electrons. The lowest BCUT2D eigenvalue weighted by molar-refractivity contribution is -0.300. The summed E-state index contributed by atoms with van der Waals surface area (Å²) >= 11 is 0. The molecule has 0 aromatic rings. The molecule has 3 saturated carbocycles. The number of carbonyl (C=O) groups excluding carboxylic acids is 6. The molecule has 0 radical (unpaired) electrons. The molecule has 1 aliphatic heterocycles. The number of carbonyl (C=O) groups is 6. The Morgan fingerprint density at radius 1 is 0.844 bits per heavy atom. The van der Waals surface area contributed by atoms with Gasteiger partial charge in [-0.2, -0.15) is 0 Å². The quantitative estimate of drug-likeness (QED) is 0.301. The van der Waals surface area contributed by atoms with Gasteiger partial charge in [-0.25, -0.2) is 4.79 Å². The van der Waals surface area contributed by atoms with Crippen molar-refractivity contribution in [2.45, 2.75) is 103 Å². The molecule has 13 heteroatoms. The summed E-state index contributed by atoms with van der Waals surface area (Å²) in [6.45, 7) is 2.82. The molecular formula is C32H42O13. The highest BCUT2D eigenvalue weighted by Crippen LogP contribution is 2.58. The molecule has 0 aromatic carbocycles. The van der Waals surface area contributed by atoms with Crippen LogP contribution >= 0.6 is 0 Å². The maximum atomic E-state index is 13.7. The molecule has 0 aromatic heterocycles. The molecule has 1 saturated heterocycles. The minimum Gasteiger partial charge on any atom is -0.467 e. The maximum Gasteiger partial charge on any atom is 0.339 e. The number of rotatable bonds is 8. The molecular weight excluding hydrogens is 592 g/mol. The molecule has 45 heavy (non-hydrogen) atoms. The van der Waals surface area contributed by atoms with Crippen molar-refractivity contribution in [3.63, 3.8) is 0 Å². The van der Waals surface area contributed by atoms with Gasteiger partial charge in [-0.05, 0) is 74.2 Å². The highest BCUT2D eigenvalue weighted by molar-refractivity contribution is 5.91. The number of esters is 4. The first-order valence-corrected chi connectivity index (χ1v) is 15.7. The highest BCUT2D eigenvalue weighted by Gasteiger charge is 2.57. The first kappa shape index (κ1) is 33.2. The van der Waals surface area contributed by atoms with Crippen molar-refractivity contribution in [1.29, 1.82) is 0 Å². The Hall–Kier alpha value is -3.16. The number of fused-ring (bicyclic) bond motifs is 5. The molecule has 4 aliphatic carbocycles. The summed E-state index contributed by atoms with van der Waals surface area (Å²) in [6.07, 6.45) is -1.52. The lowest BCUT2D eigenvalue weighted by Crippen LogP contribution is -2.64. The molecule has 0 unspecified atom stereocenters. The summed E-state index contributed by atoms with van der Waals surface area (Å²) in [6, 6.07) is 0. The Kier molecular flexibility index (Phi) is 10.1. The van der Waals surface area contributed by atoms with Crippen LogP contribution in [0.2, 0.25) is 0 Å². The van der Waals surface area contributed by atoms with E-state index in [9.17, 15) is 33.9 Å². The van der Waals surface area contributed by atoms with Gasteiger partial charge in [-0.15, -0.1) is 0 Å². The number of aliphatic hydroxyl groups excluding tert-OH is 1. The lowest BCUT2D eigenvalue weighted by atomic mass is 9.54. The van der Waals surface area contributed by atoms with Gasteiger partial charge in [0, 0.05) is 33.1 Å². The zero-order valence-corrected chi connectivity index (χ0v) is 26.0. The molecule has 0 amide bonds. The molecule has 5 rings (SSSR count). The van der Waals surface area contributed by atoms with E-state index in [4.69, 9.17) is 28.4 Å². The van der Waals surface area contributed by atoms with Crippen LogP contribution in [0.1, 0.15) is 65.7 Å². The summed E-state index contributed by atoms with van der Waals surface area (Å²) in [7, 11) is 1.09. The third-order valence-corrected chi connectivity index (χ3v) is 10.3. The number of ether oxygens (including phenoxy) is 6. The fourth-order valence-electron chi connectivity index (χ4n) is 8.73.